The topological polar surface area (TPSA) is 89.0 Å². The summed E-state index contributed by atoms with van der Waals surface area (Å²) in [4.78, 5) is 29.6. The molecule has 4 rings (SSSR count). The van der Waals surface area contributed by atoms with E-state index < -0.39 is 21.1 Å². The fourth-order valence-electron chi connectivity index (χ4n) is 3.33. The first-order valence-corrected chi connectivity index (χ1v) is 12.5. The van der Waals surface area contributed by atoms with E-state index >= 15 is 0 Å². The molecule has 6 nitrogen and oxygen atoms in total. The van der Waals surface area contributed by atoms with E-state index in [4.69, 9.17) is 0 Å². The van der Waals surface area contributed by atoms with Crippen molar-refractivity contribution in [3.05, 3.63) is 97.0 Å². The van der Waals surface area contributed by atoms with Crippen LogP contribution >= 0.6 is 11.3 Å². The molecule has 2 aromatic carbocycles. The molecule has 0 bridgehead atoms. The Morgan fingerprint density at radius 3 is 2.47 bits per heavy atom. The number of nitrogens with zero attached hydrogens (tertiary/aromatic N) is 1. The van der Waals surface area contributed by atoms with Gasteiger partial charge in [0.25, 0.3) is 5.56 Å². The van der Waals surface area contributed by atoms with E-state index in [-0.39, 0.29) is 11.4 Å². The van der Waals surface area contributed by atoms with Crippen LogP contribution in [-0.2, 0) is 22.8 Å². The minimum absolute atomic E-state index is 0.0400. The van der Waals surface area contributed by atoms with E-state index in [1.54, 1.807) is 18.2 Å². The Hall–Kier alpha value is -3.41. The lowest BCUT2D eigenvalue weighted by atomic mass is 10.1. The van der Waals surface area contributed by atoms with Gasteiger partial charge in [0, 0.05) is 12.7 Å². The fraction of sp³-hybridized carbons (Fsp3) is 0.167. The maximum atomic E-state index is 12.9. The summed E-state index contributed by atoms with van der Waals surface area (Å²) < 4.78 is 24.3. The Labute approximate surface area is 189 Å². The van der Waals surface area contributed by atoms with E-state index in [9.17, 15) is 18.0 Å². The molecule has 8 heteroatoms. The van der Waals surface area contributed by atoms with Crippen LogP contribution in [0.15, 0.2) is 69.1 Å². The number of nitrogens with one attached hydrogen (secondary N) is 1. The number of aromatic nitrogens is 2. The standard InChI is InChI=1S/C24H20N2O4S2/c1-16-5-3-6-17(13-16)7-4-8-19-14-21-22(31-19)25-24(28)26(23(21)27)15-18-9-11-20(12-10-18)32(2,29)30/h3,5-6,9-14H,7,15H2,1-2H3,(H,25,28). The summed E-state index contributed by atoms with van der Waals surface area (Å²) in [6.45, 7) is 2.07. The Morgan fingerprint density at radius 2 is 1.78 bits per heavy atom. The molecule has 162 valence electrons. The van der Waals surface area contributed by atoms with Crippen molar-refractivity contribution in [2.24, 2.45) is 0 Å². The third kappa shape index (κ3) is 4.74. The molecule has 0 aliphatic heterocycles. The molecule has 0 spiro atoms. The normalized spacial score (nSPS) is 11.3. The number of hydrogen-bond acceptors (Lipinski definition) is 5. The zero-order valence-electron chi connectivity index (χ0n) is 17.5. The molecule has 0 aliphatic carbocycles. The zero-order chi connectivity index (χ0) is 22.9. The number of hydrogen-bond donors (Lipinski definition) is 1. The summed E-state index contributed by atoms with van der Waals surface area (Å²) in [5, 5.41) is 0.405. The van der Waals surface area contributed by atoms with Gasteiger partial charge >= 0.3 is 5.69 Å². The van der Waals surface area contributed by atoms with E-state index in [2.05, 4.69) is 22.9 Å². The van der Waals surface area contributed by atoms with Crippen LogP contribution < -0.4 is 11.2 Å². The first kappa shape index (κ1) is 21.8. The molecular weight excluding hydrogens is 444 g/mol. The molecule has 32 heavy (non-hydrogen) atoms. The zero-order valence-corrected chi connectivity index (χ0v) is 19.1. The summed E-state index contributed by atoms with van der Waals surface area (Å²) in [5.41, 5.74) is 2.03. The molecule has 0 aliphatic rings. The second kappa shape index (κ2) is 8.61. The van der Waals surface area contributed by atoms with E-state index in [0.29, 0.717) is 27.1 Å². The highest BCUT2D eigenvalue weighted by atomic mass is 32.2. The first-order valence-electron chi connectivity index (χ1n) is 9.81. The van der Waals surface area contributed by atoms with Gasteiger partial charge in [-0.1, -0.05) is 53.8 Å². The van der Waals surface area contributed by atoms with Crippen molar-refractivity contribution in [2.45, 2.75) is 24.8 Å². The largest absolute Gasteiger partial charge is 0.329 e. The van der Waals surface area contributed by atoms with Crippen LogP contribution in [0.4, 0.5) is 0 Å². The van der Waals surface area contributed by atoms with Gasteiger partial charge in [-0.3, -0.25) is 14.3 Å². The lowest BCUT2D eigenvalue weighted by Crippen LogP contribution is -2.34. The smallest absolute Gasteiger partial charge is 0.298 e. The minimum atomic E-state index is -3.31. The van der Waals surface area contributed by atoms with Crippen LogP contribution in [0.3, 0.4) is 0 Å². The molecule has 0 saturated heterocycles. The van der Waals surface area contributed by atoms with Gasteiger partial charge in [0.1, 0.15) is 4.83 Å². The number of rotatable bonds is 4. The SMILES string of the molecule is Cc1cccc(CC#Cc2cc3c(=O)n(Cc4ccc(S(C)(=O)=O)cc4)c(=O)[nH]c3s2)c1. The van der Waals surface area contributed by atoms with Crippen LogP contribution in [0.5, 0.6) is 0 Å². The lowest BCUT2D eigenvalue weighted by Gasteiger charge is -2.06. The Bertz CT molecular complexity index is 1600. The molecule has 1 N–H and O–H groups in total. The van der Waals surface area contributed by atoms with E-state index in [1.807, 2.05) is 25.1 Å². The van der Waals surface area contributed by atoms with Crippen molar-refractivity contribution in [3.8, 4) is 11.8 Å². The summed E-state index contributed by atoms with van der Waals surface area (Å²) in [6, 6.07) is 16.0. The van der Waals surface area contributed by atoms with Crippen molar-refractivity contribution in [1.29, 1.82) is 0 Å². The molecule has 0 saturated carbocycles. The monoisotopic (exact) mass is 464 g/mol. The Morgan fingerprint density at radius 1 is 1.03 bits per heavy atom. The van der Waals surface area contributed by atoms with Gasteiger partial charge in [-0.25, -0.2) is 13.2 Å². The molecule has 4 aromatic rings. The third-order valence-electron chi connectivity index (χ3n) is 4.95. The van der Waals surface area contributed by atoms with Gasteiger partial charge in [-0.05, 0) is 36.2 Å². The Balaban J connectivity index is 1.62. The quantitative estimate of drug-likeness (QED) is 0.470. The van der Waals surface area contributed by atoms with Crippen LogP contribution in [0.2, 0.25) is 0 Å². The minimum Gasteiger partial charge on any atom is -0.298 e. The highest BCUT2D eigenvalue weighted by molar-refractivity contribution is 7.90. The second-order valence-corrected chi connectivity index (χ2v) is 10.6. The van der Waals surface area contributed by atoms with Crippen molar-refractivity contribution in [2.75, 3.05) is 6.26 Å². The first-order chi connectivity index (χ1) is 15.2. The number of aromatic amines is 1. The average molecular weight is 465 g/mol. The molecule has 2 aromatic heterocycles. The molecule has 0 unspecified atom stereocenters. The van der Waals surface area contributed by atoms with Gasteiger partial charge in [0.15, 0.2) is 9.84 Å². The van der Waals surface area contributed by atoms with Gasteiger partial charge in [-0.2, -0.15) is 0 Å². The van der Waals surface area contributed by atoms with Crippen LogP contribution in [0.1, 0.15) is 21.6 Å². The molecule has 0 fully saturated rings. The van der Waals surface area contributed by atoms with Crippen LogP contribution in [-0.4, -0.2) is 24.2 Å². The van der Waals surface area contributed by atoms with Crippen molar-refractivity contribution >= 4 is 31.4 Å². The fourth-order valence-corrected chi connectivity index (χ4v) is 4.88. The highest BCUT2D eigenvalue weighted by Gasteiger charge is 2.12. The van der Waals surface area contributed by atoms with Crippen LogP contribution in [0, 0.1) is 18.8 Å². The number of aryl methyl sites for hydroxylation is 1. The number of fused-ring (bicyclic) bond motifs is 1. The summed E-state index contributed by atoms with van der Waals surface area (Å²) in [7, 11) is -3.31. The van der Waals surface area contributed by atoms with Crippen molar-refractivity contribution < 1.29 is 8.42 Å². The van der Waals surface area contributed by atoms with Crippen molar-refractivity contribution in [3.63, 3.8) is 0 Å². The van der Waals surface area contributed by atoms with Gasteiger partial charge < -0.3 is 0 Å². The molecular formula is C24H20N2O4S2. The summed E-state index contributed by atoms with van der Waals surface area (Å²) in [6.07, 6.45) is 1.73. The molecule has 0 radical (unpaired) electrons. The third-order valence-corrected chi connectivity index (χ3v) is 7.05. The lowest BCUT2D eigenvalue weighted by molar-refractivity contribution is 0.602. The average Bonchev–Trinajstić information content (AvgIpc) is 3.14. The number of benzene rings is 2. The maximum Gasteiger partial charge on any atom is 0.329 e. The predicted octanol–water partition coefficient (Wildman–Crippen LogP) is 3.11. The number of thiophene rings is 1. The highest BCUT2D eigenvalue weighted by Crippen LogP contribution is 2.19. The van der Waals surface area contributed by atoms with Gasteiger partial charge in [0.2, 0.25) is 0 Å². The van der Waals surface area contributed by atoms with Gasteiger partial charge in [0.05, 0.1) is 21.7 Å². The summed E-state index contributed by atoms with van der Waals surface area (Å²) >= 11 is 1.27. The molecule has 0 amide bonds. The van der Waals surface area contributed by atoms with Crippen LogP contribution in [0.25, 0.3) is 10.2 Å². The van der Waals surface area contributed by atoms with Crippen molar-refractivity contribution in [1.82, 2.24) is 9.55 Å². The predicted molar refractivity (Wildman–Crippen MR) is 127 cm³/mol. The molecule has 0 atom stereocenters. The Kier molecular flexibility index (Phi) is 5.87. The second-order valence-electron chi connectivity index (χ2n) is 7.56. The van der Waals surface area contributed by atoms with Gasteiger partial charge in [-0.15, -0.1) is 11.3 Å². The maximum absolute atomic E-state index is 12.9. The van der Waals surface area contributed by atoms with E-state index in [1.165, 1.54) is 29.0 Å². The number of H-pyrrole nitrogens is 1. The summed E-state index contributed by atoms with van der Waals surface area (Å²) in [5.74, 6) is 6.20. The molecule has 2 heterocycles. The number of sulfone groups is 1. The van der Waals surface area contributed by atoms with E-state index in [0.717, 1.165) is 16.4 Å².